The highest BCUT2D eigenvalue weighted by Gasteiger charge is 2.03. The van der Waals surface area contributed by atoms with Crippen LogP contribution in [0.4, 0.5) is 5.69 Å². The summed E-state index contributed by atoms with van der Waals surface area (Å²) in [4.78, 5) is 15.5. The Labute approximate surface area is 112 Å². The van der Waals surface area contributed by atoms with Crippen LogP contribution in [0.2, 0.25) is 0 Å². The number of hydrogen-bond donors (Lipinski definition) is 1. The third-order valence-corrected chi connectivity index (χ3v) is 2.83. The van der Waals surface area contributed by atoms with E-state index in [4.69, 9.17) is 0 Å². The molecular formula is C14H18N4O. The summed E-state index contributed by atoms with van der Waals surface area (Å²) >= 11 is 0. The zero-order chi connectivity index (χ0) is 13.5. The van der Waals surface area contributed by atoms with Crippen molar-refractivity contribution in [3.8, 4) is 0 Å². The molecule has 100 valence electrons. The van der Waals surface area contributed by atoms with Crippen LogP contribution in [0.3, 0.4) is 0 Å². The fraction of sp³-hybridized carbons (Fsp3) is 0.357. The summed E-state index contributed by atoms with van der Waals surface area (Å²) in [6, 6.07) is 7.98. The van der Waals surface area contributed by atoms with Gasteiger partial charge in [-0.05, 0) is 30.5 Å². The van der Waals surface area contributed by atoms with Crippen LogP contribution in [0.5, 0.6) is 0 Å². The summed E-state index contributed by atoms with van der Waals surface area (Å²) in [5.41, 5.74) is 2.11. The van der Waals surface area contributed by atoms with Gasteiger partial charge in [0.25, 0.3) is 0 Å². The van der Waals surface area contributed by atoms with Gasteiger partial charge in [-0.2, -0.15) is 5.10 Å². The lowest BCUT2D eigenvalue weighted by Gasteiger charge is -2.06. The van der Waals surface area contributed by atoms with Crippen molar-refractivity contribution in [3.05, 3.63) is 42.5 Å². The molecule has 0 unspecified atom stereocenters. The van der Waals surface area contributed by atoms with Crippen molar-refractivity contribution in [1.82, 2.24) is 14.8 Å². The fourth-order valence-corrected chi connectivity index (χ4v) is 1.80. The summed E-state index contributed by atoms with van der Waals surface area (Å²) in [5, 5.41) is 6.73. The van der Waals surface area contributed by atoms with E-state index in [-0.39, 0.29) is 12.5 Å². The number of rotatable bonds is 6. The average Bonchev–Trinajstić information content (AvgIpc) is 2.90. The van der Waals surface area contributed by atoms with Gasteiger partial charge >= 0.3 is 0 Å². The van der Waals surface area contributed by atoms with Crippen LogP contribution in [0.25, 0.3) is 0 Å². The Hall–Kier alpha value is -2.17. The Bertz CT molecular complexity index is 505. The number of nitrogens with one attached hydrogen (secondary N) is 1. The first-order chi connectivity index (χ1) is 9.28. The van der Waals surface area contributed by atoms with Crippen LogP contribution in [-0.4, -0.2) is 20.7 Å². The summed E-state index contributed by atoms with van der Waals surface area (Å²) in [5.74, 6) is -0.105. The first kappa shape index (κ1) is 13.3. The summed E-state index contributed by atoms with van der Waals surface area (Å²) < 4.78 is 1.49. The van der Waals surface area contributed by atoms with Crippen LogP contribution < -0.4 is 5.32 Å². The minimum Gasteiger partial charge on any atom is -0.324 e. The van der Waals surface area contributed by atoms with Crippen molar-refractivity contribution in [2.24, 2.45) is 0 Å². The van der Waals surface area contributed by atoms with Gasteiger partial charge in [0.2, 0.25) is 5.91 Å². The van der Waals surface area contributed by atoms with E-state index in [2.05, 4.69) is 34.5 Å². The Balaban J connectivity index is 1.86. The molecule has 1 heterocycles. The van der Waals surface area contributed by atoms with E-state index in [9.17, 15) is 4.79 Å². The molecule has 0 aliphatic rings. The predicted molar refractivity (Wildman–Crippen MR) is 73.7 cm³/mol. The number of carbonyl (C=O) groups excluding carboxylic acids is 1. The number of nitrogens with zero attached hydrogens (tertiary/aromatic N) is 3. The molecule has 2 aromatic rings. The highest BCUT2D eigenvalue weighted by atomic mass is 16.2. The van der Waals surface area contributed by atoms with Crippen molar-refractivity contribution in [3.63, 3.8) is 0 Å². The summed E-state index contributed by atoms with van der Waals surface area (Å²) in [6.07, 6.45) is 6.40. The second kappa shape index (κ2) is 6.68. The highest BCUT2D eigenvalue weighted by Crippen LogP contribution is 2.11. The molecule has 5 nitrogen and oxygen atoms in total. The van der Waals surface area contributed by atoms with Crippen molar-refractivity contribution < 1.29 is 4.79 Å². The molecule has 1 aromatic heterocycles. The van der Waals surface area contributed by atoms with E-state index in [1.807, 2.05) is 12.1 Å². The van der Waals surface area contributed by atoms with Crippen molar-refractivity contribution in [1.29, 1.82) is 0 Å². The third-order valence-electron chi connectivity index (χ3n) is 2.83. The van der Waals surface area contributed by atoms with Gasteiger partial charge in [-0.1, -0.05) is 25.5 Å². The van der Waals surface area contributed by atoms with Crippen molar-refractivity contribution in [2.75, 3.05) is 5.32 Å². The topological polar surface area (TPSA) is 59.8 Å². The van der Waals surface area contributed by atoms with E-state index in [1.165, 1.54) is 35.7 Å². The molecule has 5 heteroatoms. The van der Waals surface area contributed by atoms with Crippen LogP contribution in [0.15, 0.2) is 36.9 Å². The third kappa shape index (κ3) is 4.21. The number of benzene rings is 1. The molecule has 0 atom stereocenters. The van der Waals surface area contributed by atoms with E-state index in [0.717, 1.165) is 12.1 Å². The standard InChI is InChI=1S/C14H18N4O/c1-2-3-4-12-5-7-13(8-6-12)17-14(19)9-18-11-15-10-16-18/h5-8,10-11H,2-4,9H2,1H3,(H,17,19). The fourth-order valence-electron chi connectivity index (χ4n) is 1.80. The molecule has 0 saturated heterocycles. The number of amides is 1. The predicted octanol–water partition coefficient (Wildman–Crippen LogP) is 2.26. The lowest BCUT2D eigenvalue weighted by Crippen LogP contribution is -2.18. The van der Waals surface area contributed by atoms with Crippen molar-refractivity contribution >= 4 is 11.6 Å². The normalized spacial score (nSPS) is 10.4. The monoisotopic (exact) mass is 258 g/mol. The second-order valence-corrected chi connectivity index (χ2v) is 4.44. The molecule has 19 heavy (non-hydrogen) atoms. The average molecular weight is 258 g/mol. The minimum absolute atomic E-state index is 0.105. The van der Waals surface area contributed by atoms with E-state index in [0.29, 0.717) is 0 Å². The lowest BCUT2D eigenvalue weighted by molar-refractivity contribution is -0.116. The maximum absolute atomic E-state index is 11.7. The molecule has 0 radical (unpaired) electrons. The van der Waals surface area contributed by atoms with Gasteiger partial charge in [-0.15, -0.1) is 0 Å². The Morgan fingerprint density at radius 1 is 1.32 bits per heavy atom. The molecule has 0 spiro atoms. The molecule has 0 aliphatic carbocycles. The molecule has 1 N–H and O–H groups in total. The van der Waals surface area contributed by atoms with Gasteiger partial charge in [0.1, 0.15) is 19.2 Å². The maximum Gasteiger partial charge on any atom is 0.246 e. The smallest absolute Gasteiger partial charge is 0.246 e. The minimum atomic E-state index is -0.105. The van der Waals surface area contributed by atoms with Crippen LogP contribution in [-0.2, 0) is 17.8 Å². The number of aryl methyl sites for hydroxylation is 1. The molecule has 1 aromatic carbocycles. The van der Waals surface area contributed by atoms with Gasteiger partial charge in [0.05, 0.1) is 0 Å². The van der Waals surface area contributed by atoms with E-state index < -0.39 is 0 Å². The molecule has 0 saturated carbocycles. The number of anilines is 1. The molecule has 0 aliphatic heterocycles. The molecular weight excluding hydrogens is 240 g/mol. The number of unbranched alkanes of at least 4 members (excludes halogenated alkanes) is 1. The number of carbonyl (C=O) groups is 1. The van der Waals surface area contributed by atoms with Gasteiger partial charge in [-0.3, -0.25) is 4.79 Å². The number of aromatic nitrogens is 3. The first-order valence-corrected chi connectivity index (χ1v) is 6.49. The van der Waals surface area contributed by atoms with Gasteiger partial charge < -0.3 is 5.32 Å². The van der Waals surface area contributed by atoms with E-state index >= 15 is 0 Å². The lowest BCUT2D eigenvalue weighted by atomic mass is 10.1. The largest absolute Gasteiger partial charge is 0.324 e. The molecule has 2 rings (SSSR count). The highest BCUT2D eigenvalue weighted by molar-refractivity contribution is 5.90. The SMILES string of the molecule is CCCCc1ccc(NC(=O)Cn2cncn2)cc1. The Morgan fingerprint density at radius 2 is 2.11 bits per heavy atom. The van der Waals surface area contributed by atoms with Gasteiger partial charge in [0.15, 0.2) is 0 Å². The van der Waals surface area contributed by atoms with Gasteiger partial charge in [0, 0.05) is 5.69 Å². The van der Waals surface area contributed by atoms with Crippen molar-refractivity contribution in [2.45, 2.75) is 32.7 Å². The zero-order valence-corrected chi connectivity index (χ0v) is 11.0. The van der Waals surface area contributed by atoms with Gasteiger partial charge in [-0.25, -0.2) is 9.67 Å². The first-order valence-electron chi connectivity index (χ1n) is 6.49. The summed E-state index contributed by atoms with van der Waals surface area (Å²) in [7, 11) is 0. The number of hydrogen-bond acceptors (Lipinski definition) is 3. The Morgan fingerprint density at radius 3 is 2.74 bits per heavy atom. The zero-order valence-electron chi connectivity index (χ0n) is 11.0. The van der Waals surface area contributed by atoms with Crippen LogP contribution in [0.1, 0.15) is 25.3 Å². The second-order valence-electron chi connectivity index (χ2n) is 4.44. The van der Waals surface area contributed by atoms with E-state index in [1.54, 1.807) is 0 Å². The maximum atomic E-state index is 11.7. The van der Waals surface area contributed by atoms with Crippen LogP contribution >= 0.6 is 0 Å². The molecule has 1 amide bonds. The summed E-state index contributed by atoms with van der Waals surface area (Å²) in [6.45, 7) is 2.36. The molecule has 0 bridgehead atoms. The Kier molecular flexibility index (Phi) is 4.66. The quantitative estimate of drug-likeness (QED) is 0.864. The molecule has 0 fully saturated rings. The van der Waals surface area contributed by atoms with Crippen LogP contribution in [0, 0.1) is 0 Å².